The number of anilines is 1. The first-order valence-corrected chi connectivity index (χ1v) is 6.71. The molecule has 2 heterocycles. The van der Waals surface area contributed by atoms with Crippen LogP contribution in [-0.2, 0) is 0 Å². The number of rotatable bonds is 3. The number of nitro benzene ring substituents is 1. The standard InChI is InChI=1S/C13H15N5O3/c14-5-8-1-2-17(6-8)11-4-10-9(3-12(11)18(20)21)13(19)16-7-15-10/h3-4,7-8H,1-2,5-6,14H2,(H,15,16,19). The van der Waals surface area contributed by atoms with E-state index in [-0.39, 0.29) is 16.6 Å². The molecular weight excluding hydrogens is 274 g/mol. The number of nitrogens with one attached hydrogen (secondary N) is 1. The topological polar surface area (TPSA) is 118 Å². The molecule has 1 saturated heterocycles. The molecule has 1 fully saturated rings. The fourth-order valence-electron chi connectivity index (χ4n) is 2.74. The van der Waals surface area contributed by atoms with Crippen LogP contribution in [0.2, 0.25) is 0 Å². The molecule has 1 aliphatic heterocycles. The zero-order chi connectivity index (χ0) is 15.0. The molecule has 1 unspecified atom stereocenters. The van der Waals surface area contributed by atoms with Crippen molar-refractivity contribution >= 4 is 22.3 Å². The summed E-state index contributed by atoms with van der Waals surface area (Å²) < 4.78 is 0. The summed E-state index contributed by atoms with van der Waals surface area (Å²) in [5, 5.41) is 11.5. The van der Waals surface area contributed by atoms with Gasteiger partial charge in [-0.25, -0.2) is 4.98 Å². The van der Waals surface area contributed by atoms with Crippen LogP contribution in [0, 0.1) is 16.0 Å². The Balaban J connectivity index is 2.15. The third-order valence-electron chi connectivity index (χ3n) is 3.89. The van der Waals surface area contributed by atoms with Crippen LogP contribution in [0.15, 0.2) is 23.3 Å². The molecule has 0 spiro atoms. The second-order valence-corrected chi connectivity index (χ2v) is 5.18. The van der Waals surface area contributed by atoms with E-state index in [0.717, 1.165) is 13.0 Å². The molecule has 110 valence electrons. The number of benzene rings is 1. The van der Waals surface area contributed by atoms with E-state index < -0.39 is 4.92 Å². The lowest BCUT2D eigenvalue weighted by molar-refractivity contribution is -0.384. The zero-order valence-corrected chi connectivity index (χ0v) is 11.3. The summed E-state index contributed by atoms with van der Waals surface area (Å²) >= 11 is 0. The molecule has 3 N–H and O–H groups in total. The van der Waals surface area contributed by atoms with E-state index in [0.29, 0.717) is 30.2 Å². The second-order valence-electron chi connectivity index (χ2n) is 5.18. The Labute approximate surface area is 119 Å². The van der Waals surface area contributed by atoms with Crippen molar-refractivity contribution in [3.63, 3.8) is 0 Å². The molecule has 0 saturated carbocycles. The van der Waals surface area contributed by atoms with Gasteiger partial charge >= 0.3 is 0 Å². The number of fused-ring (bicyclic) bond motifs is 1. The highest BCUT2D eigenvalue weighted by atomic mass is 16.6. The summed E-state index contributed by atoms with van der Waals surface area (Å²) in [4.78, 5) is 31.0. The average Bonchev–Trinajstić information content (AvgIpc) is 2.95. The molecule has 2 aromatic rings. The SMILES string of the molecule is NCC1CCN(c2cc3nc[nH]c(=O)c3cc2[N+](=O)[O-])C1. The Bertz CT molecular complexity index is 757. The Morgan fingerprint density at radius 1 is 1.52 bits per heavy atom. The predicted octanol–water partition coefficient (Wildman–Crippen LogP) is 0.616. The number of nitrogens with zero attached hydrogens (tertiary/aromatic N) is 3. The van der Waals surface area contributed by atoms with Crippen LogP contribution >= 0.6 is 0 Å². The number of H-pyrrole nitrogens is 1. The first-order valence-electron chi connectivity index (χ1n) is 6.71. The van der Waals surface area contributed by atoms with Gasteiger partial charge in [-0.3, -0.25) is 14.9 Å². The maximum absolute atomic E-state index is 11.7. The van der Waals surface area contributed by atoms with Crippen LogP contribution in [0.25, 0.3) is 10.9 Å². The molecule has 8 heteroatoms. The highest BCUT2D eigenvalue weighted by Crippen LogP contribution is 2.34. The smallest absolute Gasteiger partial charge is 0.293 e. The molecular formula is C13H15N5O3. The zero-order valence-electron chi connectivity index (χ0n) is 11.3. The molecule has 1 aromatic carbocycles. The molecule has 0 bridgehead atoms. The molecule has 0 aliphatic carbocycles. The van der Waals surface area contributed by atoms with Crippen molar-refractivity contribution in [3.8, 4) is 0 Å². The van der Waals surface area contributed by atoms with Gasteiger partial charge in [0.15, 0.2) is 0 Å². The fourth-order valence-corrected chi connectivity index (χ4v) is 2.74. The lowest BCUT2D eigenvalue weighted by atomic mass is 10.1. The first kappa shape index (κ1) is 13.5. The van der Waals surface area contributed by atoms with Gasteiger partial charge in [0.2, 0.25) is 0 Å². The summed E-state index contributed by atoms with van der Waals surface area (Å²) in [6.45, 7) is 1.97. The van der Waals surface area contributed by atoms with Crippen LogP contribution in [0.3, 0.4) is 0 Å². The van der Waals surface area contributed by atoms with Gasteiger partial charge in [-0.1, -0.05) is 0 Å². The molecule has 8 nitrogen and oxygen atoms in total. The lowest BCUT2D eigenvalue weighted by Crippen LogP contribution is -2.23. The lowest BCUT2D eigenvalue weighted by Gasteiger charge is -2.18. The van der Waals surface area contributed by atoms with Gasteiger partial charge in [-0.15, -0.1) is 0 Å². The van der Waals surface area contributed by atoms with Gasteiger partial charge in [0.1, 0.15) is 5.69 Å². The molecule has 1 aliphatic rings. The minimum absolute atomic E-state index is 0.0707. The van der Waals surface area contributed by atoms with E-state index in [1.54, 1.807) is 6.07 Å². The van der Waals surface area contributed by atoms with Gasteiger partial charge in [-0.2, -0.15) is 0 Å². The van der Waals surface area contributed by atoms with E-state index in [1.807, 2.05) is 4.90 Å². The minimum Gasteiger partial charge on any atom is -0.366 e. The van der Waals surface area contributed by atoms with Crippen molar-refractivity contribution < 1.29 is 4.92 Å². The monoisotopic (exact) mass is 289 g/mol. The quantitative estimate of drug-likeness (QED) is 0.631. The highest BCUT2D eigenvalue weighted by molar-refractivity contribution is 5.87. The molecule has 1 atom stereocenters. The predicted molar refractivity (Wildman–Crippen MR) is 78.4 cm³/mol. The van der Waals surface area contributed by atoms with Crippen LogP contribution in [-0.4, -0.2) is 34.5 Å². The van der Waals surface area contributed by atoms with E-state index in [1.165, 1.54) is 12.4 Å². The summed E-state index contributed by atoms with van der Waals surface area (Å²) in [6, 6.07) is 2.91. The van der Waals surface area contributed by atoms with E-state index in [4.69, 9.17) is 5.73 Å². The summed E-state index contributed by atoms with van der Waals surface area (Å²) in [7, 11) is 0. The third kappa shape index (κ3) is 2.33. The van der Waals surface area contributed by atoms with Gasteiger partial charge in [0, 0.05) is 19.2 Å². The van der Waals surface area contributed by atoms with Gasteiger partial charge in [0.25, 0.3) is 11.2 Å². The van der Waals surface area contributed by atoms with Gasteiger partial charge in [0.05, 0.1) is 22.2 Å². The molecule has 3 rings (SSSR count). The average molecular weight is 289 g/mol. The second kappa shape index (κ2) is 5.13. The summed E-state index contributed by atoms with van der Waals surface area (Å²) in [5.41, 5.74) is 6.17. The Morgan fingerprint density at radius 2 is 2.33 bits per heavy atom. The van der Waals surface area contributed by atoms with Gasteiger partial charge in [-0.05, 0) is 24.9 Å². The van der Waals surface area contributed by atoms with Crippen LogP contribution in [0.5, 0.6) is 0 Å². The van der Waals surface area contributed by atoms with E-state index >= 15 is 0 Å². The van der Waals surface area contributed by atoms with Crippen molar-refractivity contribution in [2.45, 2.75) is 6.42 Å². The van der Waals surface area contributed by atoms with Crippen molar-refractivity contribution in [3.05, 3.63) is 38.9 Å². The van der Waals surface area contributed by atoms with Gasteiger partial charge < -0.3 is 15.6 Å². The van der Waals surface area contributed by atoms with Crippen molar-refractivity contribution in [1.82, 2.24) is 9.97 Å². The molecule has 0 radical (unpaired) electrons. The normalized spacial score (nSPS) is 18.3. The third-order valence-corrected chi connectivity index (χ3v) is 3.89. The number of hydrogen-bond acceptors (Lipinski definition) is 6. The number of hydrogen-bond donors (Lipinski definition) is 2. The Morgan fingerprint density at radius 3 is 3.00 bits per heavy atom. The van der Waals surface area contributed by atoms with Crippen molar-refractivity contribution in [2.75, 3.05) is 24.5 Å². The van der Waals surface area contributed by atoms with Crippen LogP contribution < -0.4 is 16.2 Å². The van der Waals surface area contributed by atoms with Crippen LogP contribution in [0.1, 0.15) is 6.42 Å². The summed E-state index contributed by atoms with van der Waals surface area (Å²) in [6.07, 6.45) is 2.21. The largest absolute Gasteiger partial charge is 0.366 e. The highest BCUT2D eigenvalue weighted by Gasteiger charge is 2.28. The number of aromatic amines is 1. The van der Waals surface area contributed by atoms with E-state index in [2.05, 4.69) is 9.97 Å². The first-order chi connectivity index (χ1) is 10.1. The maximum Gasteiger partial charge on any atom is 0.293 e. The molecule has 0 amide bonds. The van der Waals surface area contributed by atoms with Crippen molar-refractivity contribution in [2.24, 2.45) is 11.7 Å². The number of nitrogens with two attached hydrogens (primary N) is 1. The Kier molecular flexibility index (Phi) is 3.30. The molecule has 1 aromatic heterocycles. The minimum atomic E-state index is -0.461. The Hall–Kier alpha value is -2.48. The summed E-state index contributed by atoms with van der Waals surface area (Å²) in [5.74, 6) is 0.340. The fraction of sp³-hybridized carbons (Fsp3) is 0.385. The van der Waals surface area contributed by atoms with Crippen LogP contribution in [0.4, 0.5) is 11.4 Å². The van der Waals surface area contributed by atoms with Crippen molar-refractivity contribution in [1.29, 1.82) is 0 Å². The number of aromatic nitrogens is 2. The van der Waals surface area contributed by atoms with E-state index in [9.17, 15) is 14.9 Å². The molecule has 21 heavy (non-hydrogen) atoms. The number of nitro groups is 1. The maximum atomic E-state index is 11.7.